The lowest BCUT2D eigenvalue weighted by Crippen LogP contribution is -2.24. The van der Waals surface area contributed by atoms with E-state index >= 15 is 0 Å². The molecule has 0 amide bonds. The van der Waals surface area contributed by atoms with E-state index in [1.165, 1.54) is 6.07 Å². The Morgan fingerprint density at radius 3 is 2.47 bits per heavy atom. The van der Waals surface area contributed by atoms with E-state index in [-0.39, 0.29) is 12.1 Å². The van der Waals surface area contributed by atoms with Crippen LogP contribution in [0.15, 0.2) is 47.3 Å². The fraction of sp³-hybridized carbons (Fsp3) is 0.267. The highest BCUT2D eigenvalue weighted by Crippen LogP contribution is 2.18. The average molecular weight is 259 g/mol. The SMILES string of the molecule is COc1ccc(C(O)Cn2c(C)cccc2=O)cc1. The van der Waals surface area contributed by atoms with Gasteiger partial charge in [-0.25, -0.2) is 0 Å². The van der Waals surface area contributed by atoms with E-state index in [0.717, 1.165) is 17.0 Å². The molecule has 100 valence electrons. The summed E-state index contributed by atoms with van der Waals surface area (Å²) < 4.78 is 6.63. The molecule has 2 rings (SSSR count). The monoisotopic (exact) mass is 259 g/mol. The van der Waals surface area contributed by atoms with E-state index in [4.69, 9.17) is 4.74 Å². The lowest BCUT2D eigenvalue weighted by molar-refractivity contribution is 0.154. The molecule has 0 saturated carbocycles. The molecular formula is C15H17NO3. The lowest BCUT2D eigenvalue weighted by atomic mass is 10.1. The first-order chi connectivity index (χ1) is 9.11. The molecule has 4 heteroatoms. The van der Waals surface area contributed by atoms with Gasteiger partial charge in [-0.1, -0.05) is 18.2 Å². The van der Waals surface area contributed by atoms with E-state index in [9.17, 15) is 9.90 Å². The van der Waals surface area contributed by atoms with Gasteiger partial charge in [0.2, 0.25) is 0 Å². The number of aliphatic hydroxyl groups excluding tert-OH is 1. The van der Waals surface area contributed by atoms with Gasteiger partial charge in [0.15, 0.2) is 0 Å². The molecule has 1 N–H and O–H groups in total. The van der Waals surface area contributed by atoms with Crippen molar-refractivity contribution in [1.29, 1.82) is 0 Å². The highest BCUT2D eigenvalue weighted by Gasteiger charge is 2.10. The summed E-state index contributed by atoms with van der Waals surface area (Å²) in [5.41, 5.74) is 1.49. The van der Waals surface area contributed by atoms with Crippen LogP contribution in [0.3, 0.4) is 0 Å². The van der Waals surface area contributed by atoms with Gasteiger partial charge in [-0.2, -0.15) is 0 Å². The second-order valence-electron chi connectivity index (χ2n) is 4.40. The minimum atomic E-state index is -0.718. The molecule has 0 spiro atoms. The third-order valence-corrected chi connectivity index (χ3v) is 3.12. The van der Waals surface area contributed by atoms with E-state index in [2.05, 4.69) is 0 Å². The van der Waals surface area contributed by atoms with Crippen molar-refractivity contribution in [2.24, 2.45) is 0 Å². The van der Waals surface area contributed by atoms with Crippen LogP contribution < -0.4 is 10.3 Å². The maximum Gasteiger partial charge on any atom is 0.250 e. The van der Waals surface area contributed by atoms with Gasteiger partial charge < -0.3 is 14.4 Å². The number of hydrogen-bond acceptors (Lipinski definition) is 3. The summed E-state index contributed by atoms with van der Waals surface area (Å²) in [7, 11) is 1.60. The van der Waals surface area contributed by atoms with Gasteiger partial charge in [0.05, 0.1) is 19.8 Å². The number of pyridine rings is 1. The second kappa shape index (κ2) is 5.71. The van der Waals surface area contributed by atoms with E-state index in [1.807, 2.05) is 13.0 Å². The van der Waals surface area contributed by atoms with E-state index in [1.54, 1.807) is 42.0 Å². The highest BCUT2D eigenvalue weighted by atomic mass is 16.5. The van der Waals surface area contributed by atoms with Gasteiger partial charge >= 0.3 is 0 Å². The highest BCUT2D eigenvalue weighted by molar-refractivity contribution is 5.28. The first kappa shape index (κ1) is 13.4. The molecule has 1 unspecified atom stereocenters. The Morgan fingerprint density at radius 1 is 1.21 bits per heavy atom. The number of aryl methyl sites for hydroxylation is 1. The average Bonchev–Trinajstić information content (AvgIpc) is 2.43. The number of rotatable bonds is 4. The third kappa shape index (κ3) is 3.03. The number of aliphatic hydroxyl groups is 1. The van der Waals surface area contributed by atoms with Crippen LogP contribution in [0.25, 0.3) is 0 Å². The molecule has 19 heavy (non-hydrogen) atoms. The summed E-state index contributed by atoms with van der Waals surface area (Å²) >= 11 is 0. The second-order valence-corrected chi connectivity index (χ2v) is 4.40. The van der Waals surface area contributed by atoms with Crippen LogP contribution in [0.2, 0.25) is 0 Å². The van der Waals surface area contributed by atoms with Gasteiger partial charge in [-0.05, 0) is 30.7 Å². The molecule has 0 aliphatic heterocycles. The summed E-state index contributed by atoms with van der Waals surface area (Å²) in [5.74, 6) is 0.740. The third-order valence-electron chi connectivity index (χ3n) is 3.12. The van der Waals surface area contributed by atoms with Gasteiger partial charge in [-0.15, -0.1) is 0 Å². The van der Waals surface area contributed by atoms with Crippen molar-refractivity contribution in [3.63, 3.8) is 0 Å². The molecule has 1 heterocycles. The number of aromatic nitrogens is 1. The zero-order valence-electron chi connectivity index (χ0n) is 11.0. The Morgan fingerprint density at radius 2 is 1.89 bits per heavy atom. The number of methoxy groups -OCH3 is 1. The first-order valence-electron chi connectivity index (χ1n) is 6.10. The lowest BCUT2D eigenvalue weighted by Gasteiger charge is -2.15. The van der Waals surface area contributed by atoms with E-state index < -0.39 is 6.10 Å². The summed E-state index contributed by atoms with van der Waals surface area (Å²) in [6.07, 6.45) is -0.718. The molecule has 1 atom stereocenters. The maximum absolute atomic E-state index is 11.7. The maximum atomic E-state index is 11.7. The Kier molecular flexibility index (Phi) is 4.02. The summed E-state index contributed by atoms with van der Waals surface area (Å²) in [5, 5.41) is 10.2. The quantitative estimate of drug-likeness (QED) is 0.912. The summed E-state index contributed by atoms with van der Waals surface area (Å²) in [6, 6.07) is 12.2. The molecule has 1 aromatic carbocycles. The van der Waals surface area contributed by atoms with Gasteiger partial charge in [0.1, 0.15) is 5.75 Å². The zero-order valence-corrected chi connectivity index (χ0v) is 11.0. The zero-order chi connectivity index (χ0) is 13.8. The Hall–Kier alpha value is -2.07. The fourth-order valence-corrected chi connectivity index (χ4v) is 1.96. The normalized spacial score (nSPS) is 12.2. The standard InChI is InChI=1S/C15H17NO3/c1-11-4-3-5-15(18)16(11)10-14(17)12-6-8-13(19-2)9-7-12/h3-9,14,17H,10H2,1-2H3. The topological polar surface area (TPSA) is 51.5 Å². The number of nitrogens with zero attached hydrogens (tertiary/aromatic N) is 1. The van der Waals surface area contributed by atoms with Crippen molar-refractivity contribution in [3.8, 4) is 5.75 Å². The number of benzene rings is 1. The molecule has 1 aromatic heterocycles. The van der Waals surface area contributed by atoms with Crippen LogP contribution >= 0.6 is 0 Å². The van der Waals surface area contributed by atoms with Crippen LogP contribution in [-0.2, 0) is 6.54 Å². The van der Waals surface area contributed by atoms with Gasteiger partial charge in [0, 0.05) is 11.8 Å². The molecule has 4 nitrogen and oxygen atoms in total. The Labute approximate surface area is 111 Å². The fourth-order valence-electron chi connectivity index (χ4n) is 1.96. The van der Waals surface area contributed by atoms with Crippen LogP contribution in [0.4, 0.5) is 0 Å². The molecule has 2 aromatic rings. The number of ether oxygens (including phenoxy) is 1. The minimum Gasteiger partial charge on any atom is -0.497 e. The molecular weight excluding hydrogens is 242 g/mol. The van der Waals surface area contributed by atoms with Crippen molar-refractivity contribution in [2.75, 3.05) is 7.11 Å². The molecule has 0 fully saturated rings. The van der Waals surface area contributed by atoms with Crippen molar-refractivity contribution in [2.45, 2.75) is 19.6 Å². The molecule has 0 aliphatic carbocycles. The minimum absolute atomic E-state index is 0.104. The predicted molar refractivity (Wildman–Crippen MR) is 73.4 cm³/mol. The molecule has 0 radical (unpaired) electrons. The smallest absolute Gasteiger partial charge is 0.250 e. The van der Waals surface area contributed by atoms with Crippen molar-refractivity contribution in [3.05, 3.63) is 64.1 Å². The largest absolute Gasteiger partial charge is 0.497 e. The first-order valence-corrected chi connectivity index (χ1v) is 6.10. The van der Waals surface area contributed by atoms with Gasteiger partial charge in [0.25, 0.3) is 5.56 Å². The summed E-state index contributed by atoms with van der Waals surface area (Å²) in [6.45, 7) is 2.10. The van der Waals surface area contributed by atoms with E-state index in [0.29, 0.717) is 0 Å². The van der Waals surface area contributed by atoms with Crippen LogP contribution in [0.1, 0.15) is 17.4 Å². The van der Waals surface area contributed by atoms with Crippen LogP contribution in [-0.4, -0.2) is 16.8 Å². The Balaban J connectivity index is 2.20. The molecule has 0 aliphatic rings. The summed E-state index contributed by atoms with van der Waals surface area (Å²) in [4.78, 5) is 11.7. The van der Waals surface area contributed by atoms with Crippen molar-refractivity contribution < 1.29 is 9.84 Å². The molecule has 0 bridgehead atoms. The number of hydrogen-bond donors (Lipinski definition) is 1. The predicted octanol–water partition coefficient (Wildman–Crippen LogP) is 1.90. The Bertz CT molecular complexity index is 602. The van der Waals surface area contributed by atoms with Crippen LogP contribution in [0.5, 0.6) is 5.75 Å². The van der Waals surface area contributed by atoms with Gasteiger partial charge in [-0.3, -0.25) is 4.79 Å². The van der Waals surface area contributed by atoms with Crippen LogP contribution in [0, 0.1) is 6.92 Å². The van der Waals surface area contributed by atoms with Crippen molar-refractivity contribution in [1.82, 2.24) is 4.57 Å². The molecule has 0 saturated heterocycles. The van der Waals surface area contributed by atoms with Crippen molar-refractivity contribution >= 4 is 0 Å².